The minimum absolute atomic E-state index is 0.0193. The van der Waals surface area contributed by atoms with Gasteiger partial charge in [0.2, 0.25) is 5.91 Å². The fourth-order valence-electron chi connectivity index (χ4n) is 3.64. The van der Waals surface area contributed by atoms with Gasteiger partial charge in [0, 0.05) is 19.5 Å². The van der Waals surface area contributed by atoms with E-state index in [4.69, 9.17) is 9.47 Å². The summed E-state index contributed by atoms with van der Waals surface area (Å²) in [5.74, 6) is -0.217. The van der Waals surface area contributed by atoms with Crippen LogP contribution in [0.5, 0.6) is 0 Å². The van der Waals surface area contributed by atoms with Crippen LogP contribution in [0, 0.1) is 5.92 Å². The van der Waals surface area contributed by atoms with Crippen LogP contribution < -0.4 is 0 Å². The van der Waals surface area contributed by atoms with Crippen LogP contribution in [-0.2, 0) is 20.7 Å². The first-order valence-corrected chi connectivity index (χ1v) is 9.73. The predicted molar refractivity (Wildman–Crippen MR) is 103 cm³/mol. The van der Waals surface area contributed by atoms with Gasteiger partial charge in [-0.25, -0.2) is 14.5 Å². The molecule has 152 valence electrons. The molecule has 28 heavy (non-hydrogen) atoms. The van der Waals surface area contributed by atoms with Gasteiger partial charge >= 0.3 is 12.2 Å². The Bertz CT molecular complexity index is 728. The number of rotatable bonds is 4. The van der Waals surface area contributed by atoms with Crippen molar-refractivity contribution in [3.63, 3.8) is 0 Å². The zero-order chi connectivity index (χ0) is 20.3. The largest absolute Gasteiger partial charge is 0.447 e. The van der Waals surface area contributed by atoms with Crippen LogP contribution in [-0.4, -0.2) is 59.2 Å². The molecule has 2 heterocycles. The van der Waals surface area contributed by atoms with E-state index in [-0.39, 0.29) is 37.0 Å². The molecule has 2 fully saturated rings. The number of likely N-dealkylation sites (tertiary alicyclic amines) is 1. The van der Waals surface area contributed by atoms with Crippen molar-refractivity contribution >= 4 is 18.1 Å². The monoisotopic (exact) mass is 388 g/mol. The van der Waals surface area contributed by atoms with Crippen molar-refractivity contribution in [2.75, 3.05) is 19.7 Å². The van der Waals surface area contributed by atoms with Crippen molar-refractivity contribution in [3.8, 4) is 0 Å². The summed E-state index contributed by atoms with van der Waals surface area (Å²) < 4.78 is 10.5. The molecule has 1 aromatic rings. The van der Waals surface area contributed by atoms with Crippen LogP contribution >= 0.6 is 0 Å². The molecular weight excluding hydrogens is 360 g/mol. The summed E-state index contributed by atoms with van der Waals surface area (Å²) in [5.41, 5.74) is 0.509. The van der Waals surface area contributed by atoms with E-state index >= 15 is 0 Å². The molecule has 2 atom stereocenters. The van der Waals surface area contributed by atoms with E-state index in [1.54, 1.807) is 4.90 Å². The number of hydrogen-bond acceptors (Lipinski definition) is 5. The average Bonchev–Trinajstić information content (AvgIpc) is 3.21. The van der Waals surface area contributed by atoms with Gasteiger partial charge in [0.25, 0.3) is 0 Å². The lowest BCUT2D eigenvalue weighted by molar-refractivity contribution is -0.130. The van der Waals surface area contributed by atoms with Gasteiger partial charge < -0.3 is 14.4 Å². The Morgan fingerprint density at radius 2 is 1.93 bits per heavy atom. The van der Waals surface area contributed by atoms with Gasteiger partial charge in [-0.2, -0.15) is 0 Å². The van der Waals surface area contributed by atoms with Gasteiger partial charge in [0.1, 0.15) is 12.2 Å². The van der Waals surface area contributed by atoms with Gasteiger partial charge in [-0.3, -0.25) is 4.79 Å². The highest BCUT2D eigenvalue weighted by Crippen LogP contribution is 2.25. The van der Waals surface area contributed by atoms with Crippen LogP contribution in [0.15, 0.2) is 30.3 Å². The number of ether oxygens (including phenoxy) is 2. The van der Waals surface area contributed by atoms with Crippen molar-refractivity contribution < 1.29 is 23.9 Å². The Hall–Kier alpha value is -2.57. The molecular formula is C21H28N2O5. The molecule has 1 aromatic carbocycles. The van der Waals surface area contributed by atoms with E-state index in [1.807, 2.05) is 51.1 Å². The Morgan fingerprint density at radius 1 is 1.21 bits per heavy atom. The summed E-state index contributed by atoms with van der Waals surface area (Å²) in [6, 6.07) is 9.46. The fraction of sp³-hybridized carbons (Fsp3) is 0.571. The second-order valence-corrected chi connectivity index (χ2v) is 8.47. The van der Waals surface area contributed by atoms with E-state index in [2.05, 4.69) is 0 Å². The molecule has 0 bridgehead atoms. The normalized spacial score (nSPS) is 22.3. The molecule has 0 saturated carbocycles. The average molecular weight is 388 g/mol. The first kappa shape index (κ1) is 20.2. The Labute approximate surface area is 165 Å². The molecule has 2 aliphatic rings. The number of hydrogen-bond donors (Lipinski definition) is 0. The molecule has 0 unspecified atom stereocenters. The van der Waals surface area contributed by atoms with Crippen LogP contribution in [0.4, 0.5) is 9.59 Å². The maximum Gasteiger partial charge on any atom is 0.416 e. The van der Waals surface area contributed by atoms with E-state index in [1.165, 1.54) is 4.90 Å². The molecule has 0 spiro atoms. The lowest BCUT2D eigenvalue weighted by atomic mass is 10.0. The van der Waals surface area contributed by atoms with E-state index in [9.17, 15) is 14.4 Å². The van der Waals surface area contributed by atoms with Gasteiger partial charge in [0.15, 0.2) is 0 Å². The van der Waals surface area contributed by atoms with Gasteiger partial charge in [-0.05, 0) is 45.1 Å². The highest BCUT2D eigenvalue weighted by molar-refractivity contribution is 5.93. The maximum absolute atomic E-state index is 12.8. The third-order valence-corrected chi connectivity index (χ3v) is 4.94. The van der Waals surface area contributed by atoms with Gasteiger partial charge in [-0.15, -0.1) is 0 Å². The number of imide groups is 1. The maximum atomic E-state index is 12.8. The smallest absolute Gasteiger partial charge is 0.416 e. The van der Waals surface area contributed by atoms with Crippen LogP contribution in [0.2, 0.25) is 0 Å². The number of benzene rings is 1. The molecule has 3 rings (SSSR count). The first-order valence-electron chi connectivity index (χ1n) is 9.73. The zero-order valence-corrected chi connectivity index (χ0v) is 16.7. The van der Waals surface area contributed by atoms with E-state index in [0.717, 1.165) is 12.0 Å². The molecule has 0 aliphatic carbocycles. The number of carbonyl (C=O) groups is 3. The van der Waals surface area contributed by atoms with Crippen LogP contribution in [0.1, 0.15) is 39.2 Å². The zero-order valence-electron chi connectivity index (χ0n) is 16.7. The number of cyclic esters (lactones) is 1. The number of nitrogens with zero attached hydrogens (tertiary/aromatic N) is 2. The highest BCUT2D eigenvalue weighted by Gasteiger charge is 2.39. The second kappa shape index (κ2) is 8.20. The van der Waals surface area contributed by atoms with E-state index in [0.29, 0.717) is 19.5 Å². The summed E-state index contributed by atoms with van der Waals surface area (Å²) in [7, 11) is 0. The van der Waals surface area contributed by atoms with Crippen molar-refractivity contribution in [2.24, 2.45) is 5.92 Å². The third-order valence-electron chi connectivity index (χ3n) is 4.94. The van der Waals surface area contributed by atoms with Crippen molar-refractivity contribution in [1.29, 1.82) is 0 Å². The summed E-state index contributed by atoms with van der Waals surface area (Å²) in [6.45, 7) is 6.72. The molecule has 7 nitrogen and oxygen atoms in total. The second-order valence-electron chi connectivity index (χ2n) is 8.47. The van der Waals surface area contributed by atoms with Gasteiger partial charge in [0.05, 0.1) is 6.04 Å². The fourth-order valence-corrected chi connectivity index (χ4v) is 3.64. The highest BCUT2D eigenvalue weighted by atomic mass is 16.6. The predicted octanol–water partition coefficient (Wildman–Crippen LogP) is 3.22. The molecule has 3 amide bonds. The lowest BCUT2D eigenvalue weighted by Crippen LogP contribution is -2.41. The number of amides is 3. The van der Waals surface area contributed by atoms with Crippen molar-refractivity contribution in [3.05, 3.63) is 35.9 Å². The summed E-state index contributed by atoms with van der Waals surface area (Å²) in [5, 5.41) is 0. The molecule has 0 N–H and O–H groups in total. The SMILES string of the molecule is CC(C)(C)OC(=O)N1CC[C@H](CC(=O)N2C(=O)OC[C@@H]2Cc2ccccc2)C1. The van der Waals surface area contributed by atoms with E-state index < -0.39 is 11.7 Å². The topological polar surface area (TPSA) is 76.2 Å². The van der Waals surface area contributed by atoms with Crippen molar-refractivity contribution in [1.82, 2.24) is 9.80 Å². The Morgan fingerprint density at radius 3 is 2.61 bits per heavy atom. The lowest BCUT2D eigenvalue weighted by Gasteiger charge is -2.24. The Balaban J connectivity index is 1.56. The van der Waals surface area contributed by atoms with Crippen LogP contribution in [0.3, 0.4) is 0 Å². The summed E-state index contributed by atoms with van der Waals surface area (Å²) in [6.07, 6.45) is 0.585. The quantitative estimate of drug-likeness (QED) is 0.792. The minimum atomic E-state index is -0.576. The van der Waals surface area contributed by atoms with Gasteiger partial charge in [-0.1, -0.05) is 30.3 Å². The molecule has 0 radical (unpaired) electrons. The molecule has 7 heteroatoms. The minimum Gasteiger partial charge on any atom is -0.447 e. The first-order chi connectivity index (χ1) is 13.2. The Kier molecular flexibility index (Phi) is 5.91. The third kappa shape index (κ3) is 5.03. The van der Waals surface area contributed by atoms with Crippen LogP contribution in [0.25, 0.3) is 0 Å². The summed E-state index contributed by atoms with van der Waals surface area (Å²) in [4.78, 5) is 40.0. The summed E-state index contributed by atoms with van der Waals surface area (Å²) >= 11 is 0. The standard InChI is InChI=1S/C21H28N2O5/c1-21(2,3)28-19(25)22-10-9-16(13-22)12-18(24)23-17(14-27-20(23)26)11-15-7-5-4-6-8-15/h4-8,16-17H,9-14H2,1-3H3/t16-,17+/m1/s1. The number of carbonyl (C=O) groups excluding carboxylic acids is 3. The van der Waals surface area contributed by atoms with Crippen molar-refractivity contribution in [2.45, 2.75) is 51.7 Å². The molecule has 0 aromatic heterocycles. The molecule has 2 saturated heterocycles. The molecule has 2 aliphatic heterocycles.